The van der Waals surface area contributed by atoms with E-state index in [1.807, 2.05) is 0 Å². The highest BCUT2D eigenvalue weighted by Crippen LogP contribution is 2.22. The van der Waals surface area contributed by atoms with Crippen molar-refractivity contribution in [3.05, 3.63) is 77.2 Å². The average molecular weight is 386 g/mol. The maximum Gasteiger partial charge on any atom is 0.276 e. The minimum Gasteiger partial charge on any atom is -0.336 e. The Bertz CT molecular complexity index is 1060. The van der Waals surface area contributed by atoms with Crippen molar-refractivity contribution in [2.45, 2.75) is 6.92 Å². The number of anilines is 3. The van der Waals surface area contributed by atoms with E-state index in [0.29, 0.717) is 11.3 Å². The van der Waals surface area contributed by atoms with Crippen LogP contribution in [0.15, 0.2) is 48.5 Å². The highest BCUT2D eigenvalue weighted by molar-refractivity contribution is 6.03. The molecule has 0 spiro atoms. The summed E-state index contributed by atoms with van der Waals surface area (Å²) in [6.45, 7) is 1.41. The molecule has 0 aliphatic heterocycles. The number of rotatable bonds is 5. The first kappa shape index (κ1) is 19.0. The van der Waals surface area contributed by atoms with E-state index in [1.165, 1.54) is 25.1 Å². The summed E-state index contributed by atoms with van der Waals surface area (Å²) in [7, 11) is 0. The van der Waals surface area contributed by atoms with Gasteiger partial charge in [0.15, 0.2) is 34.7 Å². The Balaban J connectivity index is 1.72. The van der Waals surface area contributed by atoms with Crippen molar-refractivity contribution in [3.8, 4) is 0 Å². The van der Waals surface area contributed by atoms with E-state index >= 15 is 0 Å². The second kappa shape index (κ2) is 7.87. The lowest BCUT2D eigenvalue weighted by atomic mass is 10.1. The van der Waals surface area contributed by atoms with Crippen LogP contribution in [0.1, 0.15) is 27.8 Å². The smallest absolute Gasteiger partial charge is 0.276 e. The summed E-state index contributed by atoms with van der Waals surface area (Å²) >= 11 is 0. The molecule has 1 amide bonds. The number of Topliss-reactive ketones (excluding diaryl/α,β-unsaturated/α-hetero) is 1. The molecule has 9 heteroatoms. The van der Waals surface area contributed by atoms with Crippen LogP contribution in [0.3, 0.4) is 0 Å². The van der Waals surface area contributed by atoms with Gasteiger partial charge in [0.1, 0.15) is 0 Å². The first-order chi connectivity index (χ1) is 13.3. The van der Waals surface area contributed by atoms with Crippen molar-refractivity contribution >= 4 is 28.9 Å². The van der Waals surface area contributed by atoms with Crippen molar-refractivity contribution in [1.29, 1.82) is 0 Å². The van der Waals surface area contributed by atoms with E-state index in [4.69, 9.17) is 0 Å². The van der Waals surface area contributed by atoms with E-state index in [9.17, 15) is 22.8 Å². The second-order valence-electron chi connectivity index (χ2n) is 5.74. The zero-order chi connectivity index (χ0) is 20.3. The summed E-state index contributed by atoms with van der Waals surface area (Å²) in [6, 6.07) is 10.8. The second-order valence-corrected chi connectivity index (χ2v) is 5.74. The molecule has 1 aromatic heterocycles. The number of amides is 1. The van der Waals surface area contributed by atoms with Crippen molar-refractivity contribution in [2.75, 3.05) is 10.6 Å². The third-order valence-corrected chi connectivity index (χ3v) is 3.72. The van der Waals surface area contributed by atoms with Gasteiger partial charge in [0.25, 0.3) is 5.91 Å². The normalized spacial score (nSPS) is 10.4. The molecule has 142 valence electrons. The van der Waals surface area contributed by atoms with Gasteiger partial charge in [-0.3, -0.25) is 9.59 Å². The summed E-state index contributed by atoms with van der Waals surface area (Å²) in [5.41, 5.74) is 0.485. The summed E-state index contributed by atoms with van der Waals surface area (Å²) in [4.78, 5) is 23.6. The van der Waals surface area contributed by atoms with Crippen LogP contribution in [0.4, 0.5) is 30.4 Å². The molecule has 2 N–H and O–H groups in total. The molecule has 0 bridgehead atoms. The van der Waals surface area contributed by atoms with Crippen LogP contribution in [0, 0.1) is 17.5 Å². The third-order valence-electron chi connectivity index (χ3n) is 3.72. The maximum absolute atomic E-state index is 13.7. The van der Waals surface area contributed by atoms with Gasteiger partial charge in [0.2, 0.25) is 0 Å². The molecule has 6 nitrogen and oxygen atoms in total. The lowest BCUT2D eigenvalue weighted by molar-refractivity contribution is 0.100. The van der Waals surface area contributed by atoms with Gasteiger partial charge in [0, 0.05) is 11.3 Å². The number of hydrogen-bond donors (Lipinski definition) is 2. The van der Waals surface area contributed by atoms with Gasteiger partial charge in [-0.1, -0.05) is 12.1 Å². The molecule has 1 heterocycles. The number of ketones is 1. The maximum atomic E-state index is 13.7. The fourth-order valence-corrected chi connectivity index (χ4v) is 2.29. The first-order valence-corrected chi connectivity index (χ1v) is 8.02. The van der Waals surface area contributed by atoms with Crippen molar-refractivity contribution in [3.63, 3.8) is 0 Å². The van der Waals surface area contributed by atoms with Crippen LogP contribution in [-0.4, -0.2) is 21.9 Å². The molecule has 0 atom stereocenters. The minimum atomic E-state index is -1.61. The number of carbonyl (C=O) groups excluding carboxylic acids is 2. The van der Waals surface area contributed by atoms with Gasteiger partial charge in [-0.15, -0.1) is 10.2 Å². The topological polar surface area (TPSA) is 84.0 Å². The monoisotopic (exact) mass is 386 g/mol. The Morgan fingerprint density at radius 2 is 1.71 bits per heavy atom. The average Bonchev–Trinajstić information content (AvgIpc) is 2.69. The van der Waals surface area contributed by atoms with Gasteiger partial charge in [-0.05, 0) is 43.3 Å². The summed E-state index contributed by atoms with van der Waals surface area (Å²) in [5.74, 6) is -5.00. The van der Waals surface area contributed by atoms with Crippen LogP contribution in [0.25, 0.3) is 0 Å². The molecule has 0 unspecified atom stereocenters. The van der Waals surface area contributed by atoms with Gasteiger partial charge < -0.3 is 10.6 Å². The zero-order valence-corrected chi connectivity index (χ0v) is 14.5. The van der Waals surface area contributed by atoms with Crippen LogP contribution < -0.4 is 10.6 Å². The van der Waals surface area contributed by atoms with Gasteiger partial charge >= 0.3 is 0 Å². The lowest BCUT2D eigenvalue weighted by Gasteiger charge is -2.08. The van der Waals surface area contributed by atoms with Gasteiger partial charge in [-0.2, -0.15) is 0 Å². The van der Waals surface area contributed by atoms with E-state index in [2.05, 4.69) is 20.8 Å². The molecule has 0 aliphatic carbocycles. The zero-order valence-electron chi connectivity index (χ0n) is 14.5. The Labute approximate surface area is 157 Å². The molecular weight excluding hydrogens is 373 g/mol. The molecule has 28 heavy (non-hydrogen) atoms. The van der Waals surface area contributed by atoms with E-state index < -0.39 is 23.4 Å². The SMILES string of the molecule is CC(=O)c1cccc(NC(=O)c2ccc(Nc3ccc(F)c(F)c3F)nn2)c1. The Hall–Kier alpha value is -3.75. The molecule has 0 fully saturated rings. The molecule has 0 radical (unpaired) electrons. The molecule has 0 aliphatic rings. The third kappa shape index (κ3) is 4.14. The number of aromatic nitrogens is 2. The van der Waals surface area contributed by atoms with E-state index in [0.717, 1.165) is 12.1 Å². The van der Waals surface area contributed by atoms with E-state index in [-0.39, 0.29) is 23.0 Å². The number of hydrogen-bond acceptors (Lipinski definition) is 5. The summed E-state index contributed by atoms with van der Waals surface area (Å²) in [5, 5.41) is 12.5. The van der Waals surface area contributed by atoms with Crippen LogP contribution >= 0.6 is 0 Å². The molecule has 2 aromatic carbocycles. The Morgan fingerprint density at radius 3 is 2.39 bits per heavy atom. The molecule has 3 aromatic rings. The standard InChI is InChI=1S/C19H13F3N4O2/c1-10(27)11-3-2-4-12(9-11)23-19(28)15-7-8-16(26-25-15)24-14-6-5-13(20)17(21)18(14)22/h2-9H,1H3,(H,23,28)(H,24,26). The van der Waals surface area contributed by atoms with Crippen molar-refractivity contribution in [2.24, 2.45) is 0 Å². The molecule has 0 saturated carbocycles. The predicted molar refractivity (Wildman–Crippen MR) is 96.0 cm³/mol. The van der Waals surface area contributed by atoms with Crippen LogP contribution in [0.5, 0.6) is 0 Å². The quantitative estimate of drug-likeness (QED) is 0.510. The number of halogens is 3. The fraction of sp³-hybridized carbons (Fsp3) is 0.0526. The van der Waals surface area contributed by atoms with Crippen LogP contribution in [0.2, 0.25) is 0 Å². The highest BCUT2D eigenvalue weighted by atomic mass is 19.2. The summed E-state index contributed by atoms with van der Waals surface area (Å²) < 4.78 is 39.9. The first-order valence-electron chi connectivity index (χ1n) is 8.02. The van der Waals surface area contributed by atoms with Crippen LogP contribution in [-0.2, 0) is 0 Å². The lowest BCUT2D eigenvalue weighted by Crippen LogP contribution is -2.15. The minimum absolute atomic E-state index is 0.0278. The van der Waals surface area contributed by atoms with Gasteiger partial charge in [0.05, 0.1) is 5.69 Å². The Kier molecular flexibility index (Phi) is 5.35. The molecule has 3 rings (SSSR count). The number of nitrogens with zero attached hydrogens (tertiary/aromatic N) is 2. The number of benzene rings is 2. The van der Waals surface area contributed by atoms with Gasteiger partial charge in [-0.25, -0.2) is 13.2 Å². The number of nitrogens with one attached hydrogen (secondary N) is 2. The van der Waals surface area contributed by atoms with Crippen molar-refractivity contribution < 1.29 is 22.8 Å². The predicted octanol–water partition coefficient (Wildman–Crippen LogP) is 4.09. The van der Waals surface area contributed by atoms with Crippen molar-refractivity contribution in [1.82, 2.24) is 10.2 Å². The largest absolute Gasteiger partial charge is 0.336 e. The number of carbonyl (C=O) groups is 2. The molecule has 0 saturated heterocycles. The summed E-state index contributed by atoms with van der Waals surface area (Å²) in [6.07, 6.45) is 0. The Morgan fingerprint density at radius 1 is 0.929 bits per heavy atom. The highest BCUT2D eigenvalue weighted by Gasteiger charge is 2.15. The fourth-order valence-electron chi connectivity index (χ4n) is 2.29. The molecular formula is C19H13F3N4O2. The van der Waals surface area contributed by atoms with E-state index in [1.54, 1.807) is 18.2 Å².